The lowest BCUT2D eigenvalue weighted by molar-refractivity contribution is -0.137. The van der Waals surface area contributed by atoms with Crippen LogP contribution in [-0.4, -0.2) is 41.8 Å². The molecule has 2 aliphatic carbocycles. The van der Waals surface area contributed by atoms with Crippen molar-refractivity contribution in [3.63, 3.8) is 0 Å². The van der Waals surface area contributed by atoms with Gasteiger partial charge in [-0.05, 0) is 53.9 Å². The van der Waals surface area contributed by atoms with Crippen molar-refractivity contribution >= 4 is 18.0 Å². The molecule has 0 spiro atoms. The van der Waals surface area contributed by atoms with E-state index in [0.717, 1.165) is 41.5 Å². The van der Waals surface area contributed by atoms with E-state index in [-0.39, 0.29) is 37.3 Å². The van der Waals surface area contributed by atoms with E-state index in [0.29, 0.717) is 5.92 Å². The molecule has 2 aromatic carbocycles. The zero-order valence-corrected chi connectivity index (χ0v) is 18.8. The lowest BCUT2D eigenvalue weighted by atomic mass is 9.98. The Balaban J connectivity index is 1.39. The first kappa shape index (κ1) is 22.8. The number of nitrogens with one attached hydrogen (secondary N) is 2. The van der Waals surface area contributed by atoms with Crippen LogP contribution in [0.25, 0.3) is 11.1 Å². The zero-order chi connectivity index (χ0) is 23.4. The van der Waals surface area contributed by atoms with E-state index in [1.807, 2.05) is 36.4 Å². The Labute approximate surface area is 193 Å². The largest absolute Gasteiger partial charge is 0.481 e. The number of fused-ring (bicyclic) bond motifs is 3. The number of alkyl carbamates (subject to hydrolysis) is 1. The smallest absolute Gasteiger partial charge is 0.407 e. The van der Waals surface area contributed by atoms with E-state index >= 15 is 0 Å². The molecule has 0 radical (unpaired) electrons. The third-order valence-electron chi connectivity index (χ3n) is 6.64. The number of hydrogen-bond donors (Lipinski definition) is 3. The molecule has 2 aromatic rings. The van der Waals surface area contributed by atoms with Gasteiger partial charge >= 0.3 is 12.1 Å². The molecule has 0 aliphatic heterocycles. The van der Waals surface area contributed by atoms with Crippen molar-refractivity contribution in [1.82, 2.24) is 10.6 Å². The highest BCUT2D eigenvalue weighted by molar-refractivity contribution is 5.86. The van der Waals surface area contributed by atoms with Crippen LogP contribution in [0, 0.1) is 5.92 Å². The predicted molar refractivity (Wildman–Crippen MR) is 124 cm³/mol. The Bertz CT molecular complexity index is 991. The van der Waals surface area contributed by atoms with Crippen LogP contribution in [0.3, 0.4) is 0 Å². The maximum Gasteiger partial charge on any atom is 0.407 e. The third-order valence-corrected chi connectivity index (χ3v) is 6.64. The molecule has 0 aromatic heterocycles. The maximum atomic E-state index is 12.8. The quantitative estimate of drug-likeness (QED) is 0.563. The van der Waals surface area contributed by atoms with E-state index in [4.69, 9.17) is 9.84 Å². The van der Waals surface area contributed by atoms with Gasteiger partial charge in [-0.25, -0.2) is 4.79 Å². The standard InChI is InChI=1S/C26H30N2O5/c1-16-10-11-17(14-16)27-25(31)23(12-13-24(29)30)28-26(32)33-15-22-20-8-4-2-6-18(20)19-7-3-5-9-21(19)22/h2-9,16-17,22-23H,10-15H2,1H3,(H,27,31)(H,28,32)(H,29,30). The number of carbonyl (C=O) groups excluding carboxylic acids is 2. The summed E-state index contributed by atoms with van der Waals surface area (Å²) in [6, 6.07) is 15.2. The highest BCUT2D eigenvalue weighted by Crippen LogP contribution is 2.44. The average Bonchev–Trinajstić information content (AvgIpc) is 3.35. The van der Waals surface area contributed by atoms with E-state index in [9.17, 15) is 14.4 Å². The van der Waals surface area contributed by atoms with Gasteiger partial charge < -0.3 is 20.5 Å². The first-order valence-electron chi connectivity index (χ1n) is 11.6. The number of rotatable bonds is 8. The van der Waals surface area contributed by atoms with Crippen LogP contribution in [0.4, 0.5) is 4.79 Å². The predicted octanol–water partition coefficient (Wildman–Crippen LogP) is 4.06. The van der Waals surface area contributed by atoms with Crippen molar-refractivity contribution in [3.8, 4) is 11.1 Å². The molecule has 1 saturated carbocycles. The molecule has 3 atom stereocenters. The second-order valence-electron chi connectivity index (χ2n) is 9.08. The molecule has 0 heterocycles. The van der Waals surface area contributed by atoms with Crippen LogP contribution in [0.1, 0.15) is 56.1 Å². The number of carbonyl (C=O) groups is 3. The Kier molecular flexibility index (Phi) is 6.96. The molecule has 33 heavy (non-hydrogen) atoms. The van der Waals surface area contributed by atoms with Gasteiger partial charge in [0.2, 0.25) is 5.91 Å². The zero-order valence-electron chi connectivity index (χ0n) is 18.8. The fourth-order valence-corrected chi connectivity index (χ4v) is 4.96. The Morgan fingerprint density at radius 3 is 2.24 bits per heavy atom. The van der Waals surface area contributed by atoms with Gasteiger partial charge in [0.05, 0.1) is 0 Å². The van der Waals surface area contributed by atoms with Crippen molar-refractivity contribution in [2.75, 3.05) is 6.61 Å². The Morgan fingerprint density at radius 1 is 1.03 bits per heavy atom. The van der Waals surface area contributed by atoms with Gasteiger partial charge in [-0.15, -0.1) is 0 Å². The number of carboxylic acid groups (broad SMARTS) is 1. The lowest BCUT2D eigenvalue weighted by Crippen LogP contribution is -2.49. The first-order chi connectivity index (χ1) is 15.9. The van der Waals surface area contributed by atoms with Crippen molar-refractivity contribution in [2.45, 2.75) is 57.0 Å². The minimum absolute atomic E-state index is 0.00758. The SMILES string of the molecule is CC1CCC(NC(=O)C(CCC(=O)O)NC(=O)OCC2c3ccccc3-c3ccccc32)C1. The summed E-state index contributed by atoms with van der Waals surface area (Å²) >= 11 is 0. The maximum absolute atomic E-state index is 12.8. The molecule has 7 nitrogen and oxygen atoms in total. The van der Waals surface area contributed by atoms with Gasteiger partial charge in [0.15, 0.2) is 0 Å². The summed E-state index contributed by atoms with van der Waals surface area (Å²) in [6.07, 6.45) is 1.90. The number of carboxylic acids is 1. The van der Waals surface area contributed by atoms with Crippen LogP contribution in [0.2, 0.25) is 0 Å². The summed E-state index contributed by atoms with van der Waals surface area (Å²) < 4.78 is 5.54. The molecule has 0 bridgehead atoms. The lowest BCUT2D eigenvalue weighted by Gasteiger charge is -2.21. The van der Waals surface area contributed by atoms with E-state index in [1.165, 1.54) is 0 Å². The van der Waals surface area contributed by atoms with E-state index in [2.05, 4.69) is 29.7 Å². The fraction of sp³-hybridized carbons (Fsp3) is 0.423. The van der Waals surface area contributed by atoms with Gasteiger partial charge in [-0.3, -0.25) is 9.59 Å². The van der Waals surface area contributed by atoms with E-state index < -0.39 is 18.1 Å². The molecule has 4 rings (SSSR count). The minimum atomic E-state index is -1.02. The molecule has 3 N–H and O–H groups in total. The van der Waals surface area contributed by atoms with Crippen LogP contribution >= 0.6 is 0 Å². The van der Waals surface area contributed by atoms with Crippen molar-refractivity contribution in [3.05, 3.63) is 59.7 Å². The van der Waals surface area contributed by atoms with Crippen molar-refractivity contribution in [2.24, 2.45) is 5.92 Å². The molecule has 2 aliphatic rings. The summed E-state index contributed by atoms with van der Waals surface area (Å²) in [5.74, 6) is -0.919. The van der Waals surface area contributed by atoms with Crippen LogP contribution in [-0.2, 0) is 14.3 Å². The number of hydrogen-bond acceptors (Lipinski definition) is 4. The molecule has 174 valence electrons. The van der Waals surface area contributed by atoms with Crippen LogP contribution in [0.15, 0.2) is 48.5 Å². The summed E-state index contributed by atoms with van der Waals surface area (Å²) in [5, 5.41) is 14.6. The average molecular weight is 451 g/mol. The fourth-order valence-electron chi connectivity index (χ4n) is 4.96. The van der Waals surface area contributed by atoms with Crippen LogP contribution in [0.5, 0.6) is 0 Å². The molecule has 0 saturated heterocycles. The van der Waals surface area contributed by atoms with Crippen LogP contribution < -0.4 is 10.6 Å². The first-order valence-corrected chi connectivity index (χ1v) is 11.6. The van der Waals surface area contributed by atoms with Gasteiger partial charge in [-0.1, -0.05) is 55.5 Å². The molecule has 1 fully saturated rings. The molecule has 2 amide bonds. The highest BCUT2D eigenvalue weighted by atomic mass is 16.5. The van der Waals surface area contributed by atoms with Gasteiger partial charge in [0.25, 0.3) is 0 Å². The summed E-state index contributed by atoms with van der Waals surface area (Å²) in [4.78, 5) is 36.4. The topological polar surface area (TPSA) is 105 Å². The molecule has 7 heteroatoms. The Hall–Kier alpha value is -3.35. The van der Waals surface area contributed by atoms with Crippen molar-refractivity contribution < 1.29 is 24.2 Å². The number of ether oxygens (including phenoxy) is 1. The van der Waals surface area contributed by atoms with E-state index in [1.54, 1.807) is 0 Å². The second kappa shape index (κ2) is 10.1. The second-order valence-corrected chi connectivity index (χ2v) is 9.08. The monoisotopic (exact) mass is 450 g/mol. The normalized spacial score (nSPS) is 19.9. The summed E-state index contributed by atoms with van der Waals surface area (Å²) in [5.41, 5.74) is 4.46. The summed E-state index contributed by atoms with van der Waals surface area (Å²) in [6.45, 7) is 2.27. The van der Waals surface area contributed by atoms with Gasteiger partial charge in [0, 0.05) is 18.4 Å². The summed E-state index contributed by atoms with van der Waals surface area (Å²) in [7, 11) is 0. The Morgan fingerprint density at radius 2 is 1.67 bits per heavy atom. The number of amides is 2. The number of benzene rings is 2. The highest BCUT2D eigenvalue weighted by Gasteiger charge is 2.31. The van der Waals surface area contributed by atoms with Crippen molar-refractivity contribution in [1.29, 1.82) is 0 Å². The molecule has 3 unspecified atom stereocenters. The minimum Gasteiger partial charge on any atom is -0.481 e. The third kappa shape index (κ3) is 5.35. The molecular formula is C26H30N2O5. The molecular weight excluding hydrogens is 420 g/mol. The van der Waals surface area contributed by atoms with Gasteiger partial charge in [-0.2, -0.15) is 0 Å². The number of aliphatic carboxylic acids is 1. The van der Waals surface area contributed by atoms with Gasteiger partial charge in [0.1, 0.15) is 12.6 Å².